The number of halogens is 1. The summed E-state index contributed by atoms with van der Waals surface area (Å²) in [7, 11) is 0. The van der Waals surface area contributed by atoms with Gasteiger partial charge >= 0.3 is 0 Å². The fraction of sp³-hybridized carbons (Fsp3) is 0.200. The summed E-state index contributed by atoms with van der Waals surface area (Å²) in [5, 5.41) is 6.80. The second-order valence-electron chi connectivity index (χ2n) is 6.75. The molecule has 150 valence electrons. The van der Waals surface area contributed by atoms with Crippen LogP contribution in [0.15, 0.2) is 52.2 Å². The van der Waals surface area contributed by atoms with Crippen molar-refractivity contribution < 1.29 is 18.3 Å². The van der Waals surface area contributed by atoms with Crippen LogP contribution in [0.4, 0.5) is 10.1 Å². The Morgan fingerprint density at radius 3 is 2.72 bits per heavy atom. The van der Waals surface area contributed by atoms with Gasteiger partial charge in [0.05, 0.1) is 11.7 Å². The zero-order valence-corrected chi connectivity index (χ0v) is 15.4. The first kappa shape index (κ1) is 18.8. The van der Waals surface area contributed by atoms with E-state index in [9.17, 15) is 9.18 Å². The van der Waals surface area contributed by atoms with Gasteiger partial charge in [-0.05, 0) is 43.5 Å². The van der Waals surface area contributed by atoms with Crippen molar-refractivity contribution in [3.8, 4) is 5.75 Å². The maximum Gasteiger partial charge on any atom is 0.259 e. The van der Waals surface area contributed by atoms with Gasteiger partial charge in [0.25, 0.3) is 5.91 Å². The zero-order chi connectivity index (χ0) is 20.4. The molecule has 0 bridgehead atoms. The SMILES string of the molecule is N/N=C(\NN)c1ccc2c(C(=O)Nc3ccc(OC4CCC4)c(F)c3)coc2c1. The van der Waals surface area contributed by atoms with Gasteiger partial charge in [-0.1, -0.05) is 6.07 Å². The predicted octanol–water partition coefficient (Wildman–Crippen LogP) is 2.84. The third-order valence-electron chi connectivity index (χ3n) is 4.89. The Labute approximate surface area is 165 Å². The normalized spacial score (nSPS) is 14.5. The highest BCUT2D eigenvalue weighted by molar-refractivity contribution is 6.13. The number of hydrazine groups is 1. The number of nitrogens with zero attached hydrogens (tertiary/aromatic N) is 1. The maximum atomic E-state index is 14.3. The van der Waals surface area contributed by atoms with E-state index in [0.717, 1.165) is 19.3 Å². The summed E-state index contributed by atoms with van der Waals surface area (Å²) < 4.78 is 25.3. The number of carbonyl (C=O) groups excluding carboxylic acids is 1. The van der Waals surface area contributed by atoms with Gasteiger partial charge in [-0.25, -0.2) is 10.2 Å². The molecule has 1 amide bonds. The number of fused-ring (bicyclic) bond motifs is 1. The van der Waals surface area contributed by atoms with Crippen molar-refractivity contribution in [2.24, 2.45) is 16.8 Å². The minimum atomic E-state index is -0.515. The summed E-state index contributed by atoms with van der Waals surface area (Å²) in [6.07, 6.45) is 4.39. The van der Waals surface area contributed by atoms with Gasteiger partial charge in [-0.2, -0.15) is 5.10 Å². The van der Waals surface area contributed by atoms with Crippen LogP contribution in [0.5, 0.6) is 5.75 Å². The average Bonchev–Trinajstić information content (AvgIpc) is 3.10. The molecule has 1 fully saturated rings. The van der Waals surface area contributed by atoms with Crippen LogP contribution in [0.1, 0.15) is 35.2 Å². The number of anilines is 1. The van der Waals surface area contributed by atoms with E-state index < -0.39 is 11.7 Å². The number of benzene rings is 2. The number of rotatable bonds is 5. The number of hydrazone groups is 1. The van der Waals surface area contributed by atoms with E-state index in [2.05, 4.69) is 15.8 Å². The van der Waals surface area contributed by atoms with Crippen molar-refractivity contribution >= 4 is 28.4 Å². The minimum Gasteiger partial charge on any atom is -0.487 e. The van der Waals surface area contributed by atoms with E-state index in [0.29, 0.717) is 27.8 Å². The number of furan rings is 1. The Balaban J connectivity index is 1.52. The van der Waals surface area contributed by atoms with Crippen molar-refractivity contribution in [1.82, 2.24) is 5.43 Å². The summed E-state index contributed by atoms with van der Waals surface area (Å²) in [4.78, 5) is 12.6. The van der Waals surface area contributed by atoms with Crippen molar-refractivity contribution in [2.75, 3.05) is 5.32 Å². The van der Waals surface area contributed by atoms with Crippen LogP contribution >= 0.6 is 0 Å². The molecule has 0 saturated heterocycles. The summed E-state index contributed by atoms with van der Waals surface area (Å²) in [5.74, 6) is 10.2. The molecule has 6 N–H and O–H groups in total. The Bertz CT molecular complexity index is 1090. The number of amidine groups is 1. The highest BCUT2D eigenvalue weighted by Crippen LogP contribution is 2.29. The number of carbonyl (C=O) groups is 1. The van der Waals surface area contributed by atoms with Crippen LogP contribution in [0.3, 0.4) is 0 Å². The summed E-state index contributed by atoms with van der Waals surface area (Å²) in [5.41, 5.74) is 4.08. The second kappa shape index (κ2) is 7.80. The molecular weight excluding hydrogens is 377 g/mol. The third-order valence-corrected chi connectivity index (χ3v) is 4.89. The van der Waals surface area contributed by atoms with Crippen LogP contribution in [0.2, 0.25) is 0 Å². The highest BCUT2D eigenvalue weighted by atomic mass is 19.1. The van der Waals surface area contributed by atoms with E-state index in [4.69, 9.17) is 20.8 Å². The highest BCUT2D eigenvalue weighted by Gasteiger charge is 2.21. The number of hydrogen-bond acceptors (Lipinski definition) is 6. The predicted molar refractivity (Wildman–Crippen MR) is 107 cm³/mol. The summed E-state index contributed by atoms with van der Waals surface area (Å²) in [6, 6.07) is 9.42. The molecule has 1 saturated carbocycles. The molecule has 1 heterocycles. The molecule has 29 heavy (non-hydrogen) atoms. The smallest absolute Gasteiger partial charge is 0.259 e. The van der Waals surface area contributed by atoms with Crippen LogP contribution in [-0.4, -0.2) is 17.8 Å². The number of ether oxygens (including phenoxy) is 1. The van der Waals surface area contributed by atoms with Gasteiger partial charge in [0, 0.05) is 22.7 Å². The van der Waals surface area contributed by atoms with Gasteiger partial charge in [-0.3, -0.25) is 4.79 Å². The minimum absolute atomic E-state index is 0.0754. The molecule has 0 radical (unpaired) electrons. The number of nitrogens with two attached hydrogens (primary N) is 2. The molecule has 3 aromatic rings. The Morgan fingerprint density at radius 2 is 2.07 bits per heavy atom. The van der Waals surface area contributed by atoms with E-state index in [1.807, 2.05) is 0 Å². The standard InChI is InChI=1S/C20H20FN5O3/c21-16-9-12(5-7-17(16)29-13-2-1-3-13)24-20(27)15-10-28-18-8-11(4-6-14(15)18)19(25-22)26-23/h4-10,13H,1-3,22-23H2,(H,24,27)(H,25,26). The molecule has 4 rings (SSSR count). The van der Waals surface area contributed by atoms with Crippen LogP contribution in [0, 0.1) is 5.82 Å². The van der Waals surface area contributed by atoms with Crippen molar-refractivity contribution in [3.63, 3.8) is 0 Å². The Kier molecular flexibility index (Phi) is 5.05. The maximum absolute atomic E-state index is 14.3. The molecule has 8 nitrogen and oxygen atoms in total. The van der Waals surface area contributed by atoms with Crippen molar-refractivity contribution in [1.29, 1.82) is 0 Å². The summed E-state index contributed by atoms with van der Waals surface area (Å²) >= 11 is 0. The number of hydrogen-bond donors (Lipinski definition) is 4. The van der Waals surface area contributed by atoms with E-state index in [1.54, 1.807) is 24.3 Å². The van der Waals surface area contributed by atoms with Crippen molar-refractivity contribution in [3.05, 3.63) is 59.6 Å². The lowest BCUT2D eigenvalue weighted by atomic mass is 9.96. The van der Waals surface area contributed by atoms with Crippen LogP contribution in [-0.2, 0) is 0 Å². The zero-order valence-electron chi connectivity index (χ0n) is 15.4. The van der Waals surface area contributed by atoms with Gasteiger partial charge in [0.2, 0.25) is 0 Å². The molecule has 1 aliphatic carbocycles. The monoisotopic (exact) mass is 397 g/mol. The van der Waals surface area contributed by atoms with Crippen molar-refractivity contribution in [2.45, 2.75) is 25.4 Å². The second-order valence-corrected chi connectivity index (χ2v) is 6.75. The molecule has 0 atom stereocenters. The lowest BCUT2D eigenvalue weighted by Gasteiger charge is -2.26. The molecule has 1 aliphatic rings. The Morgan fingerprint density at radius 1 is 1.24 bits per heavy atom. The van der Waals surface area contributed by atoms with E-state index >= 15 is 0 Å². The molecule has 0 spiro atoms. The first-order valence-corrected chi connectivity index (χ1v) is 9.12. The molecule has 2 aromatic carbocycles. The van der Waals surface area contributed by atoms with Gasteiger partial charge in [0.15, 0.2) is 17.4 Å². The lowest BCUT2D eigenvalue weighted by molar-refractivity contribution is 0.102. The molecular formula is C20H20FN5O3. The van der Waals surface area contributed by atoms with Gasteiger partial charge in [0.1, 0.15) is 11.8 Å². The topological polar surface area (TPSA) is 128 Å². The first-order chi connectivity index (χ1) is 14.1. The largest absolute Gasteiger partial charge is 0.487 e. The molecule has 0 aliphatic heterocycles. The first-order valence-electron chi connectivity index (χ1n) is 9.12. The van der Waals surface area contributed by atoms with E-state index in [-0.39, 0.29) is 17.7 Å². The number of amides is 1. The van der Waals surface area contributed by atoms with Crippen LogP contribution < -0.4 is 27.2 Å². The quantitative estimate of drug-likeness (QED) is 0.227. The number of nitrogens with one attached hydrogen (secondary N) is 2. The fourth-order valence-corrected chi connectivity index (χ4v) is 3.09. The van der Waals surface area contributed by atoms with Gasteiger partial charge in [-0.15, -0.1) is 0 Å². The average molecular weight is 397 g/mol. The molecule has 1 aromatic heterocycles. The van der Waals surface area contributed by atoms with Crippen LogP contribution in [0.25, 0.3) is 11.0 Å². The lowest BCUT2D eigenvalue weighted by Crippen LogP contribution is -2.31. The molecule has 0 unspecified atom stereocenters. The fourth-order valence-electron chi connectivity index (χ4n) is 3.09. The molecule has 9 heteroatoms. The van der Waals surface area contributed by atoms with E-state index in [1.165, 1.54) is 18.4 Å². The van der Waals surface area contributed by atoms with Gasteiger partial charge < -0.3 is 25.7 Å². The summed E-state index contributed by atoms with van der Waals surface area (Å²) in [6.45, 7) is 0. The third kappa shape index (κ3) is 3.72. The Hall–Kier alpha value is -3.59.